The van der Waals surface area contributed by atoms with E-state index in [1.807, 2.05) is 10.3 Å². The molecule has 0 radical (unpaired) electrons. The van der Waals surface area contributed by atoms with E-state index in [1.165, 1.54) is 24.3 Å². The highest BCUT2D eigenvalue weighted by atomic mass is 32.1. The molecule has 2 N–H and O–H groups in total. The number of carbonyl (C=O) groups is 2. The molecule has 1 saturated heterocycles. The Morgan fingerprint density at radius 3 is 2.54 bits per heavy atom. The number of urea groups is 1. The number of piperidine rings is 1. The van der Waals surface area contributed by atoms with Gasteiger partial charge in [-0.1, -0.05) is 13.8 Å². The minimum absolute atomic E-state index is 0.0105. The number of nitrogens with one attached hydrogen (secondary N) is 2. The first kappa shape index (κ1) is 20.3. The Bertz CT molecular complexity index is 814. The van der Waals surface area contributed by atoms with E-state index in [0.29, 0.717) is 44.0 Å². The Kier molecular flexibility index (Phi) is 6.61. The van der Waals surface area contributed by atoms with E-state index in [-0.39, 0.29) is 23.8 Å². The van der Waals surface area contributed by atoms with Crippen LogP contribution in [0.25, 0.3) is 0 Å². The zero-order valence-electron chi connectivity index (χ0n) is 16.1. The molecule has 8 heteroatoms. The lowest BCUT2D eigenvalue weighted by Crippen LogP contribution is -2.47. The van der Waals surface area contributed by atoms with Crippen LogP contribution >= 0.6 is 11.3 Å². The van der Waals surface area contributed by atoms with Crippen LogP contribution in [-0.4, -0.2) is 41.0 Å². The first-order chi connectivity index (χ1) is 13.4. The van der Waals surface area contributed by atoms with Crippen molar-refractivity contribution in [1.82, 2.24) is 15.2 Å². The van der Waals surface area contributed by atoms with Gasteiger partial charge in [-0.05, 0) is 37.1 Å². The van der Waals surface area contributed by atoms with E-state index in [1.54, 1.807) is 11.3 Å². The topological polar surface area (TPSA) is 74.3 Å². The van der Waals surface area contributed by atoms with Gasteiger partial charge in [0.05, 0.1) is 17.1 Å². The molecule has 2 aromatic rings. The number of hydrogen-bond acceptors (Lipinski definition) is 4. The smallest absolute Gasteiger partial charge is 0.319 e. The van der Waals surface area contributed by atoms with Crippen LogP contribution in [0.15, 0.2) is 29.6 Å². The van der Waals surface area contributed by atoms with E-state index in [4.69, 9.17) is 0 Å². The molecule has 0 aliphatic carbocycles. The summed E-state index contributed by atoms with van der Waals surface area (Å²) in [7, 11) is 0. The lowest BCUT2D eigenvalue weighted by molar-refractivity contribution is -0.131. The first-order valence-electron chi connectivity index (χ1n) is 9.46. The van der Waals surface area contributed by atoms with E-state index in [0.717, 1.165) is 10.7 Å². The van der Waals surface area contributed by atoms with Crippen LogP contribution in [0.3, 0.4) is 0 Å². The highest BCUT2D eigenvalue weighted by molar-refractivity contribution is 7.09. The largest absolute Gasteiger partial charge is 0.342 e. The van der Waals surface area contributed by atoms with Gasteiger partial charge in [0.1, 0.15) is 5.82 Å². The second-order valence-electron chi connectivity index (χ2n) is 7.27. The zero-order valence-corrected chi connectivity index (χ0v) is 16.9. The van der Waals surface area contributed by atoms with Gasteiger partial charge in [-0.2, -0.15) is 0 Å². The third-order valence-electron chi connectivity index (χ3n) is 4.68. The Balaban J connectivity index is 1.42. The third-order valence-corrected chi connectivity index (χ3v) is 5.87. The van der Waals surface area contributed by atoms with Gasteiger partial charge in [-0.25, -0.2) is 14.2 Å². The van der Waals surface area contributed by atoms with Crippen molar-refractivity contribution in [2.75, 3.05) is 18.4 Å². The first-order valence-corrected chi connectivity index (χ1v) is 10.3. The van der Waals surface area contributed by atoms with Gasteiger partial charge in [0.25, 0.3) is 0 Å². The van der Waals surface area contributed by atoms with Crippen LogP contribution in [0, 0.1) is 5.82 Å². The maximum absolute atomic E-state index is 12.9. The second kappa shape index (κ2) is 9.14. The molecule has 1 aliphatic heterocycles. The van der Waals surface area contributed by atoms with Crippen molar-refractivity contribution in [3.8, 4) is 0 Å². The number of halogens is 1. The van der Waals surface area contributed by atoms with E-state index >= 15 is 0 Å². The Morgan fingerprint density at radius 2 is 1.93 bits per heavy atom. The molecule has 0 spiro atoms. The fourth-order valence-corrected chi connectivity index (χ4v) is 3.93. The standard InChI is InChI=1S/C20H25FN4O2S/c1-13(2)19-22-17(12-28-19)11-18(26)25-9-7-16(8-10-25)24-20(27)23-15-5-3-14(21)4-6-15/h3-6,12-13,16H,7-11H2,1-2H3,(H2,23,24,27). The van der Waals surface area contributed by atoms with Crippen LogP contribution < -0.4 is 10.6 Å². The number of hydrogen-bond donors (Lipinski definition) is 2. The lowest BCUT2D eigenvalue weighted by atomic mass is 10.0. The fraction of sp³-hybridized carbons (Fsp3) is 0.450. The van der Waals surface area contributed by atoms with E-state index in [9.17, 15) is 14.0 Å². The van der Waals surface area contributed by atoms with Gasteiger partial charge in [0.2, 0.25) is 5.91 Å². The highest BCUT2D eigenvalue weighted by Crippen LogP contribution is 2.20. The molecule has 1 aliphatic rings. The molecule has 0 bridgehead atoms. The third kappa shape index (κ3) is 5.51. The molecule has 6 nitrogen and oxygen atoms in total. The second-order valence-corrected chi connectivity index (χ2v) is 8.16. The maximum Gasteiger partial charge on any atom is 0.319 e. The van der Waals surface area contributed by atoms with E-state index < -0.39 is 0 Å². The molecule has 28 heavy (non-hydrogen) atoms. The van der Waals surface area contributed by atoms with Crippen molar-refractivity contribution < 1.29 is 14.0 Å². The molecule has 0 unspecified atom stereocenters. The van der Waals surface area contributed by atoms with E-state index in [2.05, 4.69) is 29.5 Å². The Hall–Kier alpha value is -2.48. The quantitative estimate of drug-likeness (QED) is 0.797. The minimum atomic E-state index is -0.346. The van der Waals surface area contributed by atoms with Crippen LogP contribution in [0.5, 0.6) is 0 Å². The monoisotopic (exact) mass is 404 g/mol. The van der Waals surface area contributed by atoms with Gasteiger partial charge in [-0.3, -0.25) is 4.79 Å². The number of rotatable bonds is 5. The van der Waals surface area contributed by atoms with Gasteiger partial charge < -0.3 is 15.5 Å². The molecular formula is C20H25FN4O2S. The molecule has 1 aromatic carbocycles. The predicted molar refractivity (Wildman–Crippen MR) is 108 cm³/mol. The lowest BCUT2D eigenvalue weighted by Gasteiger charge is -2.32. The summed E-state index contributed by atoms with van der Waals surface area (Å²) >= 11 is 1.60. The number of thiazole rings is 1. The average molecular weight is 405 g/mol. The van der Waals surface area contributed by atoms with Crippen LogP contribution in [0.4, 0.5) is 14.9 Å². The van der Waals surface area contributed by atoms with Crippen molar-refractivity contribution >= 4 is 29.0 Å². The summed E-state index contributed by atoms with van der Waals surface area (Å²) in [5.41, 5.74) is 1.37. The number of nitrogens with zero attached hydrogens (tertiary/aromatic N) is 2. The highest BCUT2D eigenvalue weighted by Gasteiger charge is 2.24. The van der Waals surface area contributed by atoms with Crippen LogP contribution in [-0.2, 0) is 11.2 Å². The Labute approximate surface area is 168 Å². The number of likely N-dealkylation sites (tertiary alicyclic amines) is 1. The summed E-state index contributed by atoms with van der Waals surface area (Å²) in [6.45, 7) is 5.41. The fourth-order valence-electron chi connectivity index (χ4n) is 3.09. The Morgan fingerprint density at radius 1 is 1.25 bits per heavy atom. The predicted octanol–water partition coefficient (Wildman–Crippen LogP) is 3.76. The molecule has 0 saturated carbocycles. The maximum atomic E-state index is 12.9. The average Bonchev–Trinajstić information content (AvgIpc) is 3.13. The molecule has 0 atom stereocenters. The van der Waals surface area contributed by atoms with Gasteiger partial charge in [0, 0.05) is 36.1 Å². The normalized spacial score (nSPS) is 14.9. The van der Waals surface area contributed by atoms with Crippen molar-refractivity contribution in [2.45, 2.75) is 45.1 Å². The summed E-state index contributed by atoms with van der Waals surface area (Å²) in [6.07, 6.45) is 1.74. The molecule has 3 rings (SSSR count). The van der Waals surface area contributed by atoms with Crippen molar-refractivity contribution in [3.05, 3.63) is 46.2 Å². The molecule has 1 fully saturated rings. The SMILES string of the molecule is CC(C)c1nc(CC(=O)N2CCC(NC(=O)Nc3ccc(F)cc3)CC2)cs1. The van der Waals surface area contributed by atoms with Gasteiger partial charge >= 0.3 is 6.03 Å². The van der Waals surface area contributed by atoms with Crippen molar-refractivity contribution in [2.24, 2.45) is 0 Å². The van der Waals surface area contributed by atoms with Crippen molar-refractivity contribution in [1.29, 1.82) is 0 Å². The number of carbonyl (C=O) groups excluding carboxylic acids is 2. The number of amides is 3. The van der Waals surface area contributed by atoms with Crippen LogP contribution in [0.1, 0.15) is 43.3 Å². The summed E-state index contributed by atoms with van der Waals surface area (Å²) < 4.78 is 12.9. The summed E-state index contributed by atoms with van der Waals surface area (Å²) in [4.78, 5) is 30.9. The number of aromatic nitrogens is 1. The van der Waals surface area contributed by atoms with Gasteiger partial charge in [-0.15, -0.1) is 11.3 Å². The molecular weight excluding hydrogens is 379 g/mol. The zero-order chi connectivity index (χ0) is 20.1. The minimum Gasteiger partial charge on any atom is -0.342 e. The number of benzene rings is 1. The van der Waals surface area contributed by atoms with Crippen LogP contribution in [0.2, 0.25) is 0 Å². The summed E-state index contributed by atoms with van der Waals surface area (Å²) in [6, 6.07) is 5.31. The van der Waals surface area contributed by atoms with Crippen molar-refractivity contribution in [3.63, 3.8) is 0 Å². The molecule has 150 valence electrons. The summed E-state index contributed by atoms with van der Waals surface area (Å²) in [5.74, 6) is 0.104. The molecule has 1 aromatic heterocycles. The number of anilines is 1. The molecule has 3 amide bonds. The molecule has 2 heterocycles. The summed E-state index contributed by atoms with van der Waals surface area (Å²) in [5, 5.41) is 8.62. The van der Waals surface area contributed by atoms with Gasteiger partial charge in [0.15, 0.2) is 0 Å².